The van der Waals surface area contributed by atoms with Gasteiger partial charge in [-0.25, -0.2) is 9.56 Å². The van der Waals surface area contributed by atoms with Crippen molar-refractivity contribution in [3.8, 4) is 0 Å². The zero-order valence-electron chi connectivity index (χ0n) is 18.9. The molecule has 0 saturated heterocycles. The second-order valence-corrected chi connectivity index (χ2v) is 8.08. The molecule has 4 rings (SSSR count). The van der Waals surface area contributed by atoms with Crippen molar-refractivity contribution in [2.45, 2.75) is 39.4 Å². The first kappa shape index (κ1) is 23.3. The van der Waals surface area contributed by atoms with Crippen LogP contribution in [0.15, 0.2) is 42.7 Å². The number of carbonyl (C=O) groups is 1. The summed E-state index contributed by atoms with van der Waals surface area (Å²) >= 11 is 0. The molecule has 2 aromatic heterocycles. The second-order valence-electron chi connectivity index (χ2n) is 8.08. The third-order valence-corrected chi connectivity index (χ3v) is 5.56. The average molecular weight is 469 g/mol. The molecule has 0 aliphatic carbocycles. The maximum absolute atomic E-state index is 12.7. The number of rotatable bonds is 7. The molecule has 3 heterocycles. The molecule has 7 nitrogen and oxygen atoms in total. The molecule has 0 spiro atoms. The van der Waals surface area contributed by atoms with Gasteiger partial charge in [0.25, 0.3) is 5.82 Å². The summed E-state index contributed by atoms with van der Waals surface area (Å²) < 4.78 is 40.1. The number of halogens is 3. The Morgan fingerprint density at radius 1 is 1.15 bits per heavy atom. The van der Waals surface area contributed by atoms with Gasteiger partial charge in [0.1, 0.15) is 6.21 Å². The Hall–Kier alpha value is -3.82. The summed E-state index contributed by atoms with van der Waals surface area (Å²) in [6.07, 6.45) is -0.220. The van der Waals surface area contributed by atoms with Gasteiger partial charge >= 0.3 is 12.0 Å². The van der Waals surface area contributed by atoms with Gasteiger partial charge in [-0.15, -0.1) is 0 Å². The van der Waals surface area contributed by atoms with Gasteiger partial charge < -0.3 is 10.6 Å². The van der Waals surface area contributed by atoms with E-state index in [2.05, 4.69) is 25.6 Å². The maximum atomic E-state index is 12.7. The second kappa shape index (κ2) is 9.20. The number of benzene rings is 1. The Bertz CT molecular complexity index is 1250. The molecule has 1 unspecified atom stereocenters. The highest BCUT2D eigenvalue weighted by atomic mass is 19.4. The van der Waals surface area contributed by atoms with Crippen molar-refractivity contribution in [1.82, 2.24) is 15.0 Å². The van der Waals surface area contributed by atoms with Gasteiger partial charge in [0.15, 0.2) is 5.69 Å². The van der Waals surface area contributed by atoms with Gasteiger partial charge in [-0.2, -0.15) is 13.2 Å². The largest absolute Gasteiger partial charge is 0.417 e. The fourth-order valence-corrected chi connectivity index (χ4v) is 3.70. The summed E-state index contributed by atoms with van der Waals surface area (Å²) in [5, 5.41) is 6.15. The van der Waals surface area contributed by atoms with Crippen molar-refractivity contribution in [2.75, 3.05) is 17.2 Å². The lowest BCUT2D eigenvalue weighted by Crippen LogP contribution is -2.22. The first-order valence-electron chi connectivity index (χ1n) is 10.8. The Morgan fingerprint density at radius 2 is 1.94 bits per heavy atom. The van der Waals surface area contributed by atoms with Crippen LogP contribution in [0.4, 0.5) is 30.5 Å². The lowest BCUT2D eigenvalue weighted by molar-refractivity contribution is -0.447. The van der Waals surface area contributed by atoms with Gasteiger partial charge in [-0.3, -0.25) is 9.78 Å². The molecule has 34 heavy (non-hydrogen) atoms. The van der Waals surface area contributed by atoms with E-state index in [1.165, 1.54) is 6.07 Å². The molecule has 176 valence electrons. The molecule has 3 aromatic rings. The third kappa shape index (κ3) is 5.05. The van der Waals surface area contributed by atoms with E-state index in [0.717, 1.165) is 41.4 Å². The van der Waals surface area contributed by atoms with Crippen LogP contribution in [0.5, 0.6) is 0 Å². The van der Waals surface area contributed by atoms with Crippen LogP contribution in [-0.2, 0) is 17.4 Å². The zero-order valence-corrected chi connectivity index (χ0v) is 18.9. The predicted molar refractivity (Wildman–Crippen MR) is 122 cm³/mol. The van der Waals surface area contributed by atoms with Crippen LogP contribution in [0.1, 0.15) is 48.0 Å². The Balaban J connectivity index is 1.41. The number of nitrogens with one attached hydrogen (secondary N) is 2. The third-order valence-electron chi connectivity index (χ3n) is 5.56. The molecule has 0 bridgehead atoms. The molecule has 0 saturated carbocycles. The van der Waals surface area contributed by atoms with E-state index in [4.69, 9.17) is 0 Å². The van der Waals surface area contributed by atoms with E-state index in [0.29, 0.717) is 11.5 Å². The molecule has 2 N–H and O–H groups in total. The lowest BCUT2D eigenvalue weighted by Gasteiger charge is -2.18. The Morgan fingerprint density at radius 3 is 2.62 bits per heavy atom. The molecule has 0 fully saturated rings. The summed E-state index contributed by atoms with van der Waals surface area (Å²) in [6.45, 7) is 6.83. The number of aryl methyl sites for hydroxylation is 1. The smallest absolute Gasteiger partial charge is 0.341 e. The van der Waals surface area contributed by atoms with Crippen molar-refractivity contribution in [3.63, 3.8) is 0 Å². The minimum absolute atomic E-state index is 0.111. The van der Waals surface area contributed by atoms with Crippen LogP contribution in [0, 0.1) is 6.92 Å². The van der Waals surface area contributed by atoms with Gasteiger partial charge in [0, 0.05) is 17.6 Å². The molecular formula is C24H24F3N6O+. The normalized spacial score (nSPS) is 13.4. The van der Waals surface area contributed by atoms with Gasteiger partial charge in [0.2, 0.25) is 5.91 Å². The number of pyridine rings is 1. The number of alkyl halides is 3. The zero-order chi connectivity index (χ0) is 24.5. The van der Waals surface area contributed by atoms with Crippen LogP contribution in [0.2, 0.25) is 0 Å². The van der Waals surface area contributed by atoms with E-state index >= 15 is 0 Å². The summed E-state index contributed by atoms with van der Waals surface area (Å²) in [6, 6.07) is 7.57. The SMILES string of the molecule is CC[N+]1=Cc2ncc(NC(C)c3cc(NC(=O)Cc4ccc(C(F)(F)F)cn4)ccc3C)nc21. The molecule has 0 radical (unpaired) electrons. The highest BCUT2D eigenvalue weighted by molar-refractivity contribution is 5.92. The van der Waals surface area contributed by atoms with Crippen molar-refractivity contribution >= 4 is 29.4 Å². The molecule has 1 amide bonds. The highest BCUT2D eigenvalue weighted by Gasteiger charge is 2.31. The average Bonchev–Trinajstić information content (AvgIpc) is 2.77. The van der Waals surface area contributed by atoms with E-state index < -0.39 is 11.7 Å². The number of amides is 1. The summed E-state index contributed by atoms with van der Waals surface area (Å²) in [7, 11) is 0. The number of nitrogens with zero attached hydrogens (tertiary/aromatic N) is 4. The number of hydrogen-bond donors (Lipinski definition) is 2. The summed E-state index contributed by atoms with van der Waals surface area (Å²) in [5.41, 5.74) is 2.85. The van der Waals surface area contributed by atoms with Crippen LogP contribution in [0.3, 0.4) is 0 Å². The summed E-state index contributed by atoms with van der Waals surface area (Å²) in [4.78, 5) is 25.2. The first-order chi connectivity index (χ1) is 16.1. The monoisotopic (exact) mass is 469 g/mol. The van der Waals surface area contributed by atoms with Crippen LogP contribution < -0.4 is 10.6 Å². The number of aromatic nitrogens is 3. The van der Waals surface area contributed by atoms with Crippen molar-refractivity contribution in [1.29, 1.82) is 0 Å². The molecule has 1 atom stereocenters. The minimum atomic E-state index is -4.46. The van der Waals surface area contributed by atoms with Crippen molar-refractivity contribution in [3.05, 3.63) is 70.8 Å². The Labute approximate surface area is 194 Å². The van der Waals surface area contributed by atoms with Crippen LogP contribution in [0.25, 0.3) is 0 Å². The standard InChI is InChI=1S/C24H23F3N6O/c1-4-33-13-20-23(33)32-21(12-29-20)30-15(3)19-9-18(7-5-14(19)2)31-22(34)10-17-8-6-16(11-28-17)24(25,26)27/h5-9,11-13,15H,4,10H2,1-3H3,(H,31,34)/p+1. The van der Waals surface area contributed by atoms with Gasteiger partial charge in [0.05, 0.1) is 30.8 Å². The maximum Gasteiger partial charge on any atom is 0.417 e. The fraction of sp³-hybridized carbons (Fsp3) is 0.292. The summed E-state index contributed by atoms with van der Waals surface area (Å²) in [5.74, 6) is 1.13. The molecule has 1 aromatic carbocycles. The quantitative estimate of drug-likeness (QED) is 0.493. The predicted octanol–water partition coefficient (Wildman–Crippen LogP) is 4.65. The van der Waals surface area contributed by atoms with Crippen LogP contribution in [-0.4, -0.2) is 38.2 Å². The highest BCUT2D eigenvalue weighted by Crippen LogP contribution is 2.29. The molecule has 1 aliphatic heterocycles. The molecular weight excluding hydrogens is 445 g/mol. The number of fused-ring (bicyclic) bond motifs is 1. The van der Waals surface area contributed by atoms with E-state index in [1.807, 2.05) is 43.7 Å². The topological polar surface area (TPSA) is 82.8 Å². The molecule has 1 aliphatic rings. The molecule has 10 heteroatoms. The number of anilines is 2. The van der Waals surface area contributed by atoms with Crippen molar-refractivity contribution < 1.29 is 22.5 Å². The fourth-order valence-electron chi connectivity index (χ4n) is 3.70. The first-order valence-corrected chi connectivity index (χ1v) is 10.8. The Kier molecular flexibility index (Phi) is 6.32. The number of carbonyl (C=O) groups excluding carboxylic acids is 1. The van der Waals surface area contributed by atoms with E-state index in [-0.39, 0.29) is 24.1 Å². The van der Waals surface area contributed by atoms with Gasteiger partial charge in [-0.05, 0) is 61.1 Å². The van der Waals surface area contributed by atoms with E-state index in [1.54, 1.807) is 12.3 Å². The van der Waals surface area contributed by atoms with Crippen molar-refractivity contribution in [2.24, 2.45) is 0 Å². The van der Waals surface area contributed by atoms with Crippen LogP contribution >= 0.6 is 0 Å². The lowest BCUT2D eigenvalue weighted by atomic mass is 10.0. The minimum Gasteiger partial charge on any atom is -0.341 e. The number of hydrogen-bond acceptors (Lipinski definition) is 5. The van der Waals surface area contributed by atoms with E-state index in [9.17, 15) is 18.0 Å². The van der Waals surface area contributed by atoms with Gasteiger partial charge in [-0.1, -0.05) is 6.07 Å².